The van der Waals surface area contributed by atoms with Crippen molar-refractivity contribution < 1.29 is 33.4 Å². The average molecular weight is 831 g/mol. The molecule has 0 unspecified atom stereocenters. The maximum atomic E-state index is 14.1. The number of nitrogens with one attached hydrogen (secondary N) is 4. The number of piperidine rings is 1. The van der Waals surface area contributed by atoms with E-state index in [1.165, 1.54) is 14.2 Å². The zero-order valence-electron chi connectivity index (χ0n) is 35.1. The molecule has 0 spiro atoms. The van der Waals surface area contributed by atoms with E-state index in [4.69, 9.17) is 24.2 Å². The summed E-state index contributed by atoms with van der Waals surface area (Å²) in [5.74, 6) is 1.47. The van der Waals surface area contributed by atoms with Crippen LogP contribution in [0.2, 0.25) is 0 Å². The predicted molar refractivity (Wildman–Crippen MR) is 228 cm³/mol. The number of carbonyl (C=O) groups is 4. The van der Waals surface area contributed by atoms with Crippen molar-refractivity contribution in [3.63, 3.8) is 0 Å². The molecule has 0 radical (unpaired) electrons. The van der Waals surface area contributed by atoms with Gasteiger partial charge in [-0.2, -0.15) is 0 Å². The van der Waals surface area contributed by atoms with Crippen molar-refractivity contribution in [3.05, 3.63) is 72.4 Å². The minimum atomic E-state index is -0.691. The SMILES string of the molecule is COC(=O)N[C@H](C(=O)N1[C@@H]2CC[C@@H](C2)[C@H]1c1nc2c(ccc3cc(-c4ccc(-c5cnc([C@@H]6CCCN6C(=O)[C@@H](NC(=O)OC)C6CCOCC6)[nH]5)cc4)ccc32)[nH]1)C(C)C. The normalized spacial score (nSPS) is 22.5. The maximum absolute atomic E-state index is 14.1. The van der Waals surface area contributed by atoms with Crippen molar-refractivity contribution >= 4 is 45.8 Å². The van der Waals surface area contributed by atoms with E-state index in [0.717, 1.165) is 87.9 Å². The molecule has 5 heterocycles. The van der Waals surface area contributed by atoms with Gasteiger partial charge in [0.2, 0.25) is 11.8 Å². The third-order valence-corrected chi connectivity index (χ3v) is 13.4. The van der Waals surface area contributed by atoms with Crippen LogP contribution in [0.15, 0.2) is 60.8 Å². The molecule has 4 aliphatic rings. The zero-order chi connectivity index (χ0) is 42.4. The molecule has 1 saturated carbocycles. The monoisotopic (exact) mass is 830 g/mol. The fourth-order valence-electron chi connectivity index (χ4n) is 10.3. The highest BCUT2D eigenvalue weighted by Gasteiger charge is 2.51. The Morgan fingerprint density at radius 3 is 2.31 bits per heavy atom. The lowest BCUT2D eigenvalue weighted by atomic mass is 9.90. The van der Waals surface area contributed by atoms with Gasteiger partial charge in [-0.25, -0.2) is 19.6 Å². The van der Waals surface area contributed by atoms with Crippen LogP contribution in [0.25, 0.3) is 44.2 Å². The number of rotatable bonds is 10. The van der Waals surface area contributed by atoms with E-state index in [9.17, 15) is 19.2 Å². The number of H-pyrrole nitrogens is 2. The summed E-state index contributed by atoms with van der Waals surface area (Å²) >= 11 is 0. The molecule has 2 aromatic heterocycles. The molecule has 4 fully saturated rings. The molecule has 15 heteroatoms. The van der Waals surface area contributed by atoms with Gasteiger partial charge in [-0.3, -0.25) is 9.59 Å². The Balaban J connectivity index is 0.918. The van der Waals surface area contributed by atoms with Crippen LogP contribution >= 0.6 is 0 Å². The third kappa shape index (κ3) is 7.68. The van der Waals surface area contributed by atoms with E-state index in [2.05, 4.69) is 75.2 Å². The van der Waals surface area contributed by atoms with E-state index in [1.54, 1.807) is 0 Å². The van der Waals surface area contributed by atoms with Gasteiger partial charge in [-0.1, -0.05) is 56.3 Å². The molecule has 1 aliphatic carbocycles. The topological polar surface area (TPSA) is 184 Å². The standard InChI is InChI=1S/C46H54N8O7/c1-25(2)37(51-45(57)59-3)44(56)54-32-14-11-31(23-32)40(54)42-48-34-16-13-30-22-29(12-15-33(30)39(34)50-42)26-7-9-27(10-8-26)35-24-47-41(49-35)36-6-5-19-53(36)43(55)38(52-46(58)60-4)28-17-20-61-21-18-28/h7-10,12-13,15-16,22,24-25,28,31-32,36-38,40H,5-6,11,14,17-21,23H2,1-4H3,(H,47,49)(H,48,50)(H,51,57)(H,52,58)/t31-,32+,36-,37-,38-,40-/m0/s1. The van der Waals surface area contributed by atoms with E-state index >= 15 is 0 Å². The van der Waals surface area contributed by atoms with Gasteiger partial charge < -0.3 is 44.6 Å². The number of alkyl carbamates (subject to hydrolysis) is 2. The van der Waals surface area contributed by atoms with Crippen LogP contribution in [0.3, 0.4) is 0 Å². The lowest BCUT2D eigenvalue weighted by Crippen LogP contribution is -2.54. The molecular formula is C46H54N8O7. The fraction of sp³-hybridized carbons (Fsp3) is 0.478. The van der Waals surface area contributed by atoms with Crippen LogP contribution < -0.4 is 10.6 Å². The van der Waals surface area contributed by atoms with Crippen molar-refractivity contribution in [2.75, 3.05) is 34.0 Å². The van der Waals surface area contributed by atoms with Gasteiger partial charge in [-0.05, 0) is 96.9 Å². The lowest BCUT2D eigenvalue weighted by molar-refractivity contribution is -0.139. The summed E-state index contributed by atoms with van der Waals surface area (Å²) in [5.41, 5.74) is 5.76. The average Bonchev–Trinajstić information content (AvgIpc) is 4.15. The summed E-state index contributed by atoms with van der Waals surface area (Å²) < 4.78 is 15.3. The summed E-state index contributed by atoms with van der Waals surface area (Å²) in [6, 6.07) is 17.3. The van der Waals surface area contributed by atoms with Crippen LogP contribution in [-0.4, -0.2) is 106 Å². The largest absolute Gasteiger partial charge is 0.453 e. The zero-order valence-corrected chi connectivity index (χ0v) is 35.1. The molecule has 3 aliphatic heterocycles. The van der Waals surface area contributed by atoms with Gasteiger partial charge >= 0.3 is 12.2 Å². The molecule has 3 aromatic carbocycles. The molecule has 2 bridgehead atoms. The van der Waals surface area contributed by atoms with E-state index in [-0.39, 0.29) is 41.8 Å². The molecule has 15 nitrogen and oxygen atoms in total. The van der Waals surface area contributed by atoms with Crippen molar-refractivity contribution in [2.45, 2.75) is 89.0 Å². The van der Waals surface area contributed by atoms with Crippen LogP contribution in [0.5, 0.6) is 0 Å². The number of aromatic amines is 2. The first-order valence-corrected chi connectivity index (χ1v) is 21.6. The van der Waals surface area contributed by atoms with Gasteiger partial charge in [-0.15, -0.1) is 0 Å². The number of fused-ring (bicyclic) bond motifs is 5. The van der Waals surface area contributed by atoms with E-state index in [0.29, 0.717) is 38.5 Å². The van der Waals surface area contributed by atoms with Crippen LogP contribution in [-0.2, 0) is 23.8 Å². The smallest absolute Gasteiger partial charge is 0.407 e. The Morgan fingerprint density at radius 1 is 0.820 bits per heavy atom. The second-order valence-corrected chi connectivity index (χ2v) is 17.3. The molecule has 4 amide bonds. The first-order chi connectivity index (χ1) is 29.6. The molecule has 61 heavy (non-hydrogen) atoms. The highest BCUT2D eigenvalue weighted by Crippen LogP contribution is 2.50. The van der Waals surface area contributed by atoms with Gasteiger partial charge in [0, 0.05) is 31.2 Å². The molecule has 9 rings (SSSR count). The van der Waals surface area contributed by atoms with Crippen LogP contribution in [0.4, 0.5) is 9.59 Å². The second-order valence-electron chi connectivity index (χ2n) is 17.3. The van der Waals surface area contributed by atoms with Gasteiger partial charge in [0.15, 0.2) is 0 Å². The van der Waals surface area contributed by atoms with Crippen LogP contribution in [0.1, 0.15) is 82.5 Å². The maximum Gasteiger partial charge on any atom is 0.407 e. The number of ether oxygens (including phenoxy) is 3. The highest BCUT2D eigenvalue weighted by atomic mass is 16.5. The number of benzene rings is 3. The van der Waals surface area contributed by atoms with Gasteiger partial charge in [0.1, 0.15) is 23.7 Å². The summed E-state index contributed by atoms with van der Waals surface area (Å²) in [4.78, 5) is 73.4. The Hall–Kier alpha value is -5.96. The van der Waals surface area contributed by atoms with Gasteiger partial charge in [0.25, 0.3) is 0 Å². The van der Waals surface area contributed by atoms with Crippen molar-refractivity contribution in [2.24, 2.45) is 17.8 Å². The number of carbonyl (C=O) groups excluding carboxylic acids is 4. The lowest BCUT2D eigenvalue weighted by Gasteiger charge is -2.37. The molecular weight excluding hydrogens is 777 g/mol. The first kappa shape index (κ1) is 40.4. The Bertz CT molecular complexity index is 2440. The summed E-state index contributed by atoms with van der Waals surface area (Å²) in [5, 5.41) is 7.68. The highest BCUT2D eigenvalue weighted by molar-refractivity contribution is 6.05. The summed E-state index contributed by atoms with van der Waals surface area (Å²) in [7, 11) is 2.62. The number of likely N-dealkylation sites (tertiary alicyclic amines) is 2. The van der Waals surface area contributed by atoms with Crippen LogP contribution in [0, 0.1) is 17.8 Å². The fourth-order valence-corrected chi connectivity index (χ4v) is 10.3. The molecule has 4 N–H and O–H groups in total. The van der Waals surface area contributed by atoms with Gasteiger partial charge in [0.05, 0.1) is 49.2 Å². The van der Waals surface area contributed by atoms with E-state index in [1.807, 2.05) is 29.8 Å². The number of methoxy groups -OCH3 is 2. The number of hydrogen-bond donors (Lipinski definition) is 4. The second kappa shape index (κ2) is 16.8. The quantitative estimate of drug-likeness (QED) is 0.115. The Labute approximate surface area is 354 Å². The minimum Gasteiger partial charge on any atom is -0.453 e. The van der Waals surface area contributed by atoms with Crippen molar-refractivity contribution in [1.82, 2.24) is 40.4 Å². The predicted octanol–water partition coefficient (Wildman–Crippen LogP) is 7.02. The molecule has 320 valence electrons. The third-order valence-electron chi connectivity index (χ3n) is 13.4. The number of aromatic nitrogens is 4. The molecule has 6 atom stereocenters. The minimum absolute atomic E-state index is 0.0291. The van der Waals surface area contributed by atoms with Crippen molar-refractivity contribution in [1.29, 1.82) is 0 Å². The number of amides is 4. The van der Waals surface area contributed by atoms with Crippen molar-refractivity contribution in [3.8, 4) is 22.4 Å². The molecule has 3 saturated heterocycles. The summed E-state index contributed by atoms with van der Waals surface area (Å²) in [6.45, 7) is 5.57. The Kier molecular flexibility index (Phi) is 11.2. The molecule has 5 aromatic rings. The number of imidazole rings is 2. The van der Waals surface area contributed by atoms with E-state index < -0.39 is 24.3 Å². The Morgan fingerprint density at radius 2 is 1.56 bits per heavy atom. The number of nitrogens with zero attached hydrogens (tertiary/aromatic N) is 4. The first-order valence-electron chi connectivity index (χ1n) is 21.6. The number of hydrogen-bond acceptors (Lipinski definition) is 9. The summed E-state index contributed by atoms with van der Waals surface area (Å²) in [6.07, 6.45) is 6.51.